The fraction of sp³-hybridized carbons (Fsp3) is 0.462. The first-order valence-electron chi connectivity index (χ1n) is 12.1. The Balaban J connectivity index is 1.26. The average Bonchev–Trinajstić information content (AvgIpc) is 3.24. The summed E-state index contributed by atoms with van der Waals surface area (Å²) >= 11 is 0. The summed E-state index contributed by atoms with van der Waals surface area (Å²) in [5.74, 6) is 1.70. The smallest absolute Gasteiger partial charge is 0.320 e. The molecule has 3 aliphatic heterocycles. The Morgan fingerprint density at radius 1 is 1.18 bits per heavy atom. The minimum absolute atomic E-state index is 0.00342. The summed E-state index contributed by atoms with van der Waals surface area (Å²) in [5.41, 5.74) is 4.01. The summed E-state index contributed by atoms with van der Waals surface area (Å²) in [7, 11) is 0. The molecule has 2 amide bonds. The van der Waals surface area contributed by atoms with E-state index in [0.29, 0.717) is 32.5 Å². The molecular formula is C26H30N4O4. The lowest BCUT2D eigenvalue weighted by Gasteiger charge is -2.44. The van der Waals surface area contributed by atoms with Gasteiger partial charge in [-0.2, -0.15) is 0 Å². The van der Waals surface area contributed by atoms with Gasteiger partial charge in [0.05, 0.1) is 36.3 Å². The third kappa shape index (κ3) is 3.61. The van der Waals surface area contributed by atoms with Gasteiger partial charge >= 0.3 is 6.03 Å². The van der Waals surface area contributed by atoms with Crippen molar-refractivity contribution in [2.75, 3.05) is 19.8 Å². The summed E-state index contributed by atoms with van der Waals surface area (Å²) in [6.45, 7) is 3.14. The molecule has 3 N–H and O–H groups in total. The molecule has 2 aromatic carbocycles. The van der Waals surface area contributed by atoms with Gasteiger partial charge in [-0.15, -0.1) is 0 Å². The molecule has 0 saturated carbocycles. The number of aryl methyl sites for hydroxylation is 1. The molecule has 178 valence electrons. The van der Waals surface area contributed by atoms with Crippen LogP contribution in [0.5, 0.6) is 5.75 Å². The summed E-state index contributed by atoms with van der Waals surface area (Å²) in [4.78, 5) is 25.2. The molecule has 1 aromatic heterocycles. The number of H-pyrrole nitrogens is 1. The number of aliphatic hydroxyl groups excluding tert-OH is 1. The third-order valence-corrected chi connectivity index (χ3v) is 7.61. The maximum Gasteiger partial charge on any atom is 0.320 e. The van der Waals surface area contributed by atoms with Crippen LogP contribution in [0.3, 0.4) is 0 Å². The monoisotopic (exact) mass is 462 g/mol. The van der Waals surface area contributed by atoms with Gasteiger partial charge in [-0.1, -0.05) is 12.1 Å². The molecule has 2 saturated heterocycles. The SMILES string of the molecule is Cc1nc2ccc(-c3ccc4c(c3)CN(C(=O)N3C5CCC3CC(O)(CO)C5)CCO4)cc2[nH]1. The first kappa shape index (κ1) is 21.4. The van der Waals surface area contributed by atoms with Crippen LogP contribution in [0.2, 0.25) is 0 Å². The number of carbonyl (C=O) groups excluding carboxylic acids is 1. The third-order valence-electron chi connectivity index (χ3n) is 7.61. The molecule has 2 unspecified atom stereocenters. The van der Waals surface area contributed by atoms with Gasteiger partial charge in [-0.3, -0.25) is 0 Å². The summed E-state index contributed by atoms with van der Waals surface area (Å²) < 4.78 is 6.00. The number of nitrogens with zero attached hydrogens (tertiary/aromatic N) is 3. The Hall–Kier alpha value is -3.10. The number of amides is 2. The van der Waals surface area contributed by atoms with E-state index >= 15 is 0 Å². The minimum Gasteiger partial charge on any atom is -0.491 e. The van der Waals surface area contributed by atoms with E-state index in [1.807, 2.05) is 28.9 Å². The van der Waals surface area contributed by atoms with E-state index in [1.165, 1.54) is 0 Å². The number of benzene rings is 2. The maximum atomic E-state index is 13.6. The van der Waals surface area contributed by atoms with Gasteiger partial charge in [0.2, 0.25) is 0 Å². The molecule has 8 nitrogen and oxygen atoms in total. The van der Waals surface area contributed by atoms with Crippen molar-refractivity contribution in [1.29, 1.82) is 0 Å². The fourth-order valence-corrected chi connectivity index (χ4v) is 5.98. The Kier molecular flexibility index (Phi) is 5.04. The van der Waals surface area contributed by atoms with E-state index in [2.05, 4.69) is 34.2 Å². The predicted molar refractivity (Wildman–Crippen MR) is 127 cm³/mol. The van der Waals surface area contributed by atoms with Crippen molar-refractivity contribution < 1.29 is 19.7 Å². The van der Waals surface area contributed by atoms with Crippen molar-refractivity contribution >= 4 is 17.1 Å². The Labute approximate surface area is 198 Å². The number of ether oxygens (including phenoxy) is 1. The number of hydrogen-bond acceptors (Lipinski definition) is 5. The first-order chi connectivity index (χ1) is 16.4. The van der Waals surface area contributed by atoms with Crippen LogP contribution in [0.15, 0.2) is 36.4 Å². The van der Waals surface area contributed by atoms with Gasteiger partial charge in [0.15, 0.2) is 0 Å². The van der Waals surface area contributed by atoms with Crippen LogP contribution in [0.25, 0.3) is 22.2 Å². The topological polar surface area (TPSA) is 102 Å². The Morgan fingerprint density at radius 2 is 1.91 bits per heavy atom. The number of hydrogen-bond donors (Lipinski definition) is 3. The lowest BCUT2D eigenvalue weighted by atomic mass is 9.87. The molecule has 0 radical (unpaired) electrons. The molecule has 2 atom stereocenters. The molecule has 4 heterocycles. The van der Waals surface area contributed by atoms with Crippen LogP contribution in [0.1, 0.15) is 37.1 Å². The highest BCUT2D eigenvalue weighted by Crippen LogP contribution is 2.41. The molecule has 8 heteroatoms. The van der Waals surface area contributed by atoms with Crippen molar-refractivity contribution in [2.24, 2.45) is 0 Å². The van der Waals surface area contributed by atoms with Gasteiger partial charge < -0.3 is 29.7 Å². The molecule has 3 aromatic rings. The van der Waals surface area contributed by atoms with Gasteiger partial charge in [-0.05, 0) is 68.0 Å². The standard InChI is InChI=1S/C26H30N4O4/c1-16-27-22-6-2-18(11-23(22)28-16)17-3-7-24-19(10-17)14-29(8-9-34-24)25(32)30-20-4-5-21(30)13-26(33,12-20)15-31/h2-3,6-7,10-11,20-21,31,33H,4-5,8-9,12-15H2,1H3,(H,27,28). The van der Waals surface area contributed by atoms with Crippen LogP contribution < -0.4 is 4.74 Å². The van der Waals surface area contributed by atoms with E-state index in [4.69, 9.17) is 4.74 Å². The van der Waals surface area contributed by atoms with E-state index in [1.54, 1.807) is 0 Å². The zero-order chi connectivity index (χ0) is 23.4. The number of aliphatic hydroxyl groups is 2. The Bertz CT molecular complexity index is 1240. The minimum atomic E-state index is -1.07. The van der Waals surface area contributed by atoms with Crippen LogP contribution in [-0.2, 0) is 6.54 Å². The number of aromatic amines is 1. The summed E-state index contributed by atoms with van der Waals surface area (Å²) in [5, 5.41) is 20.3. The number of urea groups is 1. The van der Waals surface area contributed by atoms with Gasteiger partial charge in [0, 0.05) is 17.6 Å². The number of imidazole rings is 1. The summed E-state index contributed by atoms with van der Waals surface area (Å²) in [6.07, 6.45) is 2.62. The molecule has 0 spiro atoms. The highest BCUT2D eigenvalue weighted by atomic mass is 16.5. The van der Waals surface area contributed by atoms with Crippen LogP contribution in [0, 0.1) is 6.92 Å². The van der Waals surface area contributed by atoms with E-state index < -0.39 is 5.60 Å². The second-order valence-corrected chi connectivity index (χ2v) is 10.0. The molecule has 2 bridgehead atoms. The highest BCUT2D eigenvalue weighted by molar-refractivity contribution is 5.82. The maximum absolute atomic E-state index is 13.6. The molecule has 6 rings (SSSR count). The second-order valence-electron chi connectivity index (χ2n) is 10.0. The predicted octanol–water partition coefficient (Wildman–Crippen LogP) is 3.20. The summed E-state index contributed by atoms with van der Waals surface area (Å²) in [6, 6.07) is 12.3. The van der Waals surface area contributed by atoms with E-state index in [-0.39, 0.29) is 24.7 Å². The first-order valence-corrected chi connectivity index (χ1v) is 12.1. The molecule has 0 aliphatic carbocycles. The fourth-order valence-electron chi connectivity index (χ4n) is 5.98. The average molecular weight is 463 g/mol. The Morgan fingerprint density at radius 3 is 2.68 bits per heavy atom. The lowest BCUT2D eigenvalue weighted by Crippen LogP contribution is -2.57. The molecule has 2 fully saturated rings. The van der Waals surface area contributed by atoms with Crippen molar-refractivity contribution in [3.05, 3.63) is 47.8 Å². The van der Waals surface area contributed by atoms with Crippen molar-refractivity contribution in [2.45, 2.75) is 56.8 Å². The van der Waals surface area contributed by atoms with Gasteiger partial charge in [0.25, 0.3) is 0 Å². The number of aromatic nitrogens is 2. The number of rotatable bonds is 2. The normalized spacial score (nSPS) is 26.3. The van der Waals surface area contributed by atoms with Crippen LogP contribution in [0.4, 0.5) is 4.79 Å². The van der Waals surface area contributed by atoms with Crippen molar-refractivity contribution in [3.63, 3.8) is 0 Å². The number of piperidine rings is 1. The zero-order valence-corrected chi connectivity index (χ0v) is 19.3. The zero-order valence-electron chi connectivity index (χ0n) is 19.3. The van der Waals surface area contributed by atoms with Gasteiger partial charge in [0.1, 0.15) is 18.2 Å². The lowest BCUT2D eigenvalue weighted by molar-refractivity contribution is -0.0755. The van der Waals surface area contributed by atoms with Crippen molar-refractivity contribution in [3.8, 4) is 16.9 Å². The van der Waals surface area contributed by atoms with E-state index in [0.717, 1.165) is 52.1 Å². The largest absolute Gasteiger partial charge is 0.491 e. The second kappa shape index (κ2) is 7.99. The van der Waals surface area contributed by atoms with Crippen LogP contribution >= 0.6 is 0 Å². The highest BCUT2D eigenvalue weighted by Gasteiger charge is 2.50. The number of fused-ring (bicyclic) bond motifs is 4. The van der Waals surface area contributed by atoms with Crippen LogP contribution in [-0.4, -0.2) is 73.5 Å². The molecular weight excluding hydrogens is 432 g/mol. The quantitative estimate of drug-likeness (QED) is 0.543. The number of carbonyl (C=O) groups is 1. The van der Waals surface area contributed by atoms with Crippen molar-refractivity contribution in [1.82, 2.24) is 19.8 Å². The molecule has 3 aliphatic rings. The van der Waals surface area contributed by atoms with E-state index in [9.17, 15) is 15.0 Å². The number of nitrogens with one attached hydrogen (secondary N) is 1. The van der Waals surface area contributed by atoms with Gasteiger partial charge in [-0.25, -0.2) is 9.78 Å². The molecule has 34 heavy (non-hydrogen) atoms.